The minimum absolute atomic E-state index is 0.242. The summed E-state index contributed by atoms with van der Waals surface area (Å²) in [5, 5.41) is 0. The Balaban J connectivity index is 2.09. The van der Waals surface area contributed by atoms with Crippen LogP contribution < -0.4 is 5.73 Å². The molecule has 1 aromatic rings. The van der Waals surface area contributed by atoms with Crippen molar-refractivity contribution in [1.82, 2.24) is 4.90 Å². The Labute approximate surface area is 116 Å². The van der Waals surface area contributed by atoms with Gasteiger partial charge in [-0.2, -0.15) is 0 Å². The predicted octanol–water partition coefficient (Wildman–Crippen LogP) is 2.68. The zero-order valence-electron chi connectivity index (χ0n) is 10.4. The number of primary amides is 1. The molecule has 1 amide bonds. The van der Waals surface area contributed by atoms with Crippen LogP contribution in [0.4, 0.5) is 0 Å². The molecule has 0 bridgehead atoms. The fraction of sp³-hybridized carbons (Fsp3) is 0.500. The van der Waals surface area contributed by atoms with Gasteiger partial charge in [0.1, 0.15) is 0 Å². The molecule has 1 aliphatic rings. The highest BCUT2D eigenvalue weighted by Gasteiger charge is 2.24. The Morgan fingerprint density at radius 2 is 2.00 bits per heavy atom. The van der Waals surface area contributed by atoms with Crippen molar-refractivity contribution in [2.45, 2.75) is 38.3 Å². The van der Waals surface area contributed by atoms with E-state index in [0.717, 1.165) is 11.0 Å². The Kier molecular flexibility index (Phi) is 4.78. The maximum atomic E-state index is 11.2. The van der Waals surface area contributed by atoms with E-state index in [0.29, 0.717) is 12.6 Å². The Morgan fingerprint density at radius 1 is 1.33 bits per heavy atom. The summed E-state index contributed by atoms with van der Waals surface area (Å²) in [5.74, 6) is -0.242. The lowest BCUT2D eigenvalue weighted by Gasteiger charge is -2.27. The van der Waals surface area contributed by atoms with Crippen LogP contribution in [0.1, 0.15) is 31.2 Å². The van der Waals surface area contributed by atoms with E-state index in [9.17, 15) is 4.79 Å². The molecule has 1 aliphatic carbocycles. The van der Waals surface area contributed by atoms with Gasteiger partial charge in [0, 0.05) is 17.1 Å². The van der Waals surface area contributed by atoms with Crippen LogP contribution >= 0.6 is 15.9 Å². The van der Waals surface area contributed by atoms with Crippen molar-refractivity contribution >= 4 is 21.8 Å². The molecule has 0 saturated heterocycles. The number of hydrogen-bond acceptors (Lipinski definition) is 2. The summed E-state index contributed by atoms with van der Waals surface area (Å²) in [4.78, 5) is 13.4. The highest BCUT2D eigenvalue weighted by atomic mass is 79.9. The third-order valence-corrected chi connectivity index (χ3v) is 4.30. The standard InChI is InChI=1S/C14H19BrN2O/c15-13-8-4-1-5-11(13)9-17(10-14(16)18)12-6-2-3-7-12/h1,4-5,8,12H,2-3,6-7,9-10H2,(H2,16,18). The average Bonchev–Trinajstić information content (AvgIpc) is 2.84. The van der Waals surface area contributed by atoms with Crippen LogP contribution in [0.3, 0.4) is 0 Å². The first-order chi connectivity index (χ1) is 8.66. The van der Waals surface area contributed by atoms with Crippen molar-refractivity contribution in [2.75, 3.05) is 6.54 Å². The zero-order valence-corrected chi connectivity index (χ0v) is 12.0. The third kappa shape index (κ3) is 3.56. The predicted molar refractivity (Wildman–Crippen MR) is 76.0 cm³/mol. The number of nitrogens with two attached hydrogens (primary N) is 1. The number of nitrogens with zero attached hydrogens (tertiary/aromatic N) is 1. The van der Waals surface area contributed by atoms with Gasteiger partial charge in [-0.3, -0.25) is 9.69 Å². The van der Waals surface area contributed by atoms with Crippen molar-refractivity contribution in [3.05, 3.63) is 34.3 Å². The van der Waals surface area contributed by atoms with Crippen molar-refractivity contribution in [3.63, 3.8) is 0 Å². The molecule has 98 valence electrons. The van der Waals surface area contributed by atoms with E-state index in [1.165, 1.54) is 31.2 Å². The van der Waals surface area contributed by atoms with Crippen LogP contribution in [0.15, 0.2) is 28.7 Å². The van der Waals surface area contributed by atoms with E-state index in [1.54, 1.807) is 0 Å². The molecule has 0 spiro atoms. The minimum Gasteiger partial charge on any atom is -0.369 e. The quantitative estimate of drug-likeness (QED) is 0.909. The van der Waals surface area contributed by atoms with Gasteiger partial charge in [-0.25, -0.2) is 0 Å². The molecule has 0 aliphatic heterocycles. The second-order valence-electron chi connectivity index (χ2n) is 4.90. The minimum atomic E-state index is -0.242. The van der Waals surface area contributed by atoms with Crippen molar-refractivity contribution in [2.24, 2.45) is 5.73 Å². The second-order valence-corrected chi connectivity index (χ2v) is 5.76. The number of carbonyl (C=O) groups is 1. The summed E-state index contributed by atoms with van der Waals surface area (Å²) in [7, 11) is 0. The van der Waals surface area contributed by atoms with Gasteiger partial charge in [-0.1, -0.05) is 47.0 Å². The normalized spacial score (nSPS) is 16.3. The molecule has 3 nitrogen and oxygen atoms in total. The van der Waals surface area contributed by atoms with E-state index < -0.39 is 0 Å². The number of carbonyl (C=O) groups excluding carboxylic acids is 1. The van der Waals surface area contributed by atoms with Gasteiger partial charge in [0.05, 0.1) is 6.54 Å². The molecule has 4 heteroatoms. The maximum absolute atomic E-state index is 11.2. The summed E-state index contributed by atoms with van der Waals surface area (Å²) in [5.41, 5.74) is 6.57. The zero-order chi connectivity index (χ0) is 13.0. The van der Waals surface area contributed by atoms with Crippen LogP contribution in [0, 0.1) is 0 Å². The Hall–Kier alpha value is -0.870. The molecular formula is C14H19BrN2O. The molecule has 1 fully saturated rings. The van der Waals surface area contributed by atoms with E-state index in [4.69, 9.17) is 5.73 Å². The smallest absolute Gasteiger partial charge is 0.231 e. The molecule has 2 rings (SSSR count). The molecule has 2 N–H and O–H groups in total. The first-order valence-corrected chi connectivity index (χ1v) is 7.22. The molecule has 18 heavy (non-hydrogen) atoms. The summed E-state index contributed by atoms with van der Waals surface area (Å²) < 4.78 is 1.09. The second kappa shape index (κ2) is 6.34. The highest BCUT2D eigenvalue weighted by Crippen LogP contribution is 2.26. The maximum Gasteiger partial charge on any atom is 0.231 e. The van der Waals surface area contributed by atoms with Crippen LogP contribution in [-0.4, -0.2) is 23.4 Å². The largest absolute Gasteiger partial charge is 0.369 e. The SMILES string of the molecule is NC(=O)CN(Cc1ccccc1Br)C1CCCC1. The molecule has 0 aromatic heterocycles. The topological polar surface area (TPSA) is 46.3 Å². The van der Waals surface area contributed by atoms with Crippen LogP contribution in [0.25, 0.3) is 0 Å². The van der Waals surface area contributed by atoms with Gasteiger partial charge in [0.2, 0.25) is 5.91 Å². The van der Waals surface area contributed by atoms with Gasteiger partial charge in [0.15, 0.2) is 0 Å². The lowest BCUT2D eigenvalue weighted by atomic mass is 10.1. The fourth-order valence-electron chi connectivity index (χ4n) is 2.63. The summed E-state index contributed by atoms with van der Waals surface area (Å²) in [6.45, 7) is 1.14. The summed E-state index contributed by atoms with van der Waals surface area (Å²) in [6, 6.07) is 8.66. The molecule has 0 atom stereocenters. The van der Waals surface area contributed by atoms with Gasteiger partial charge in [-0.05, 0) is 24.5 Å². The molecule has 0 heterocycles. The van der Waals surface area contributed by atoms with E-state index in [1.807, 2.05) is 18.2 Å². The van der Waals surface area contributed by atoms with E-state index >= 15 is 0 Å². The molecular weight excluding hydrogens is 292 g/mol. The van der Waals surface area contributed by atoms with Gasteiger partial charge < -0.3 is 5.73 Å². The number of halogens is 1. The summed E-state index contributed by atoms with van der Waals surface area (Å²) >= 11 is 3.56. The van der Waals surface area contributed by atoms with Crippen molar-refractivity contribution < 1.29 is 4.79 Å². The van der Waals surface area contributed by atoms with E-state index in [-0.39, 0.29) is 5.91 Å². The molecule has 0 radical (unpaired) electrons. The van der Waals surface area contributed by atoms with Gasteiger partial charge >= 0.3 is 0 Å². The lowest BCUT2D eigenvalue weighted by molar-refractivity contribution is -0.119. The fourth-order valence-corrected chi connectivity index (χ4v) is 3.04. The van der Waals surface area contributed by atoms with Crippen molar-refractivity contribution in [1.29, 1.82) is 0 Å². The third-order valence-electron chi connectivity index (χ3n) is 3.53. The van der Waals surface area contributed by atoms with Crippen LogP contribution in [0.2, 0.25) is 0 Å². The number of hydrogen-bond donors (Lipinski definition) is 1. The van der Waals surface area contributed by atoms with Gasteiger partial charge in [0.25, 0.3) is 0 Å². The number of amides is 1. The lowest BCUT2D eigenvalue weighted by Crippen LogP contribution is -2.39. The Morgan fingerprint density at radius 3 is 2.61 bits per heavy atom. The Bertz CT molecular complexity index is 416. The van der Waals surface area contributed by atoms with Crippen LogP contribution in [0.5, 0.6) is 0 Å². The monoisotopic (exact) mass is 310 g/mol. The summed E-state index contributed by atoms with van der Waals surface area (Å²) in [6.07, 6.45) is 4.88. The number of benzene rings is 1. The number of rotatable bonds is 5. The molecule has 1 saturated carbocycles. The first kappa shape index (κ1) is 13.6. The first-order valence-electron chi connectivity index (χ1n) is 6.42. The van der Waals surface area contributed by atoms with Crippen LogP contribution in [-0.2, 0) is 11.3 Å². The average molecular weight is 311 g/mol. The highest BCUT2D eigenvalue weighted by molar-refractivity contribution is 9.10. The molecule has 0 unspecified atom stereocenters. The van der Waals surface area contributed by atoms with Gasteiger partial charge in [-0.15, -0.1) is 0 Å². The van der Waals surface area contributed by atoms with Crippen molar-refractivity contribution in [3.8, 4) is 0 Å². The molecule has 1 aromatic carbocycles. The van der Waals surface area contributed by atoms with E-state index in [2.05, 4.69) is 26.9 Å².